The Hall–Kier alpha value is -3.03. The van der Waals surface area contributed by atoms with Crippen molar-refractivity contribution >= 4 is 23.0 Å². The molecular formula is C25H32N2O6. The molecule has 8 nitrogen and oxygen atoms in total. The number of carbonyl (C=O) groups excluding carboxylic acids is 1. The van der Waals surface area contributed by atoms with Crippen LogP contribution in [-0.2, 0) is 4.74 Å². The van der Waals surface area contributed by atoms with Crippen molar-refractivity contribution in [2.45, 2.75) is 76.3 Å². The van der Waals surface area contributed by atoms with Gasteiger partial charge >= 0.3 is 11.6 Å². The van der Waals surface area contributed by atoms with E-state index in [2.05, 4.69) is 5.32 Å². The molecule has 1 aromatic heterocycles. The van der Waals surface area contributed by atoms with Gasteiger partial charge in [-0.15, -0.1) is 0 Å². The van der Waals surface area contributed by atoms with Gasteiger partial charge in [-0.3, -0.25) is 0 Å². The minimum atomic E-state index is -0.790. The largest absolute Gasteiger partial charge is 0.496 e. The van der Waals surface area contributed by atoms with Crippen molar-refractivity contribution in [3.8, 4) is 11.5 Å². The fourth-order valence-corrected chi connectivity index (χ4v) is 4.62. The molecule has 0 atom stereocenters. The Kier molecular flexibility index (Phi) is 7.52. The molecule has 0 saturated heterocycles. The minimum absolute atomic E-state index is 0.123. The van der Waals surface area contributed by atoms with Crippen molar-refractivity contribution in [3.05, 3.63) is 34.2 Å². The van der Waals surface area contributed by atoms with E-state index in [4.69, 9.17) is 23.6 Å². The SMILES string of the molecule is COc1cc(OC)c2cc(C(=O)OC(=NC3CCCCC3)NC3CCCCC3)c(=O)oc2c1. The van der Waals surface area contributed by atoms with Crippen molar-refractivity contribution in [2.24, 2.45) is 4.99 Å². The molecule has 1 aromatic carbocycles. The third-order valence-electron chi connectivity index (χ3n) is 6.46. The van der Waals surface area contributed by atoms with E-state index >= 15 is 0 Å². The summed E-state index contributed by atoms with van der Waals surface area (Å²) in [5.74, 6) is 0.122. The van der Waals surface area contributed by atoms with Crippen LogP contribution in [0.4, 0.5) is 0 Å². The van der Waals surface area contributed by atoms with E-state index in [1.165, 1.54) is 33.1 Å². The zero-order chi connectivity index (χ0) is 23.2. The number of fused-ring (bicyclic) bond motifs is 1. The van der Waals surface area contributed by atoms with E-state index in [0.29, 0.717) is 16.9 Å². The molecule has 0 radical (unpaired) electrons. The van der Waals surface area contributed by atoms with Crippen LogP contribution < -0.4 is 20.4 Å². The Bertz CT molecular complexity index is 1060. The molecule has 2 aliphatic rings. The monoisotopic (exact) mass is 456 g/mol. The minimum Gasteiger partial charge on any atom is -0.496 e. The number of rotatable bonds is 5. The van der Waals surface area contributed by atoms with Gasteiger partial charge in [0.1, 0.15) is 22.6 Å². The molecule has 1 heterocycles. The average Bonchev–Trinajstić information content (AvgIpc) is 2.84. The quantitative estimate of drug-likeness (QED) is 0.304. The number of amidine groups is 1. The predicted molar refractivity (Wildman–Crippen MR) is 125 cm³/mol. The normalized spacial score (nSPS) is 18.2. The summed E-state index contributed by atoms with van der Waals surface area (Å²) in [6.45, 7) is 0. The Morgan fingerprint density at radius 2 is 1.67 bits per heavy atom. The molecular weight excluding hydrogens is 424 g/mol. The molecule has 0 spiro atoms. The first-order valence-electron chi connectivity index (χ1n) is 11.8. The molecule has 2 aliphatic carbocycles. The van der Waals surface area contributed by atoms with Crippen LogP contribution >= 0.6 is 0 Å². The van der Waals surface area contributed by atoms with Crippen LogP contribution in [0, 0.1) is 0 Å². The van der Waals surface area contributed by atoms with Gasteiger partial charge in [-0.2, -0.15) is 0 Å². The molecule has 8 heteroatoms. The van der Waals surface area contributed by atoms with Gasteiger partial charge < -0.3 is 23.9 Å². The number of nitrogens with one attached hydrogen (secondary N) is 1. The van der Waals surface area contributed by atoms with Gasteiger partial charge in [-0.1, -0.05) is 38.5 Å². The standard InChI is InChI=1S/C25H32N2O6/c1-30-18-13-21(31-2)19-15-20(23(28)32-22(19)14-18)24(29)33-25(26-16-9-5-3-6-10-16)27-17-11-7-4-8-12-17/h13-17H,3-12H2,1-2H3,(H,26,27). The summed E-state index contributed by atoms with van der Waals surface area (Å²) in [6, 6.07) is 5.24. The lowest BCUT2D eigenvalue weighted by Crippen LogP contribution is -2.40. The van der Waals surface area contributed by atoms with Crippen molar-refractivity contribution < 1.29 is 23.4 Å². The van der Waals surface area contributed by atoms with Crippen molar-refractivity contribution in [1.29, 1.82) is 0 Å². The molecule has 33 heavy (non-hydrogen) atoms. The molecule has 0 amide bonds. The first-order chi connectivity index (χ1) is 16.1. The number of esters is 1. The molecule has 0 unspecified atom stereocenters. The zero-order valence-electron chi connectivity index (χ0n) is 19.4. The Morgan fingerprint density at radius 3 is 2.33 bits per heavy atom. The highest BCUT2D eigenvalue weighted by Crippen LogP contribution is 2.31. The predicted octanol–water partition coefficient (Wildman–Crippen LogP) is 4.58. The van der Waals surface area contributed by atoms with Gasteiger partial charge in [0, 0.05) is 18.2 Å². The van der Waals surface area contributed by atoms with Gasteiger partial charge in [-0.05, 0) is 31.7 Å². The lowest BCUT2D eigenvalue weighted by atomic mass is 9.95. The third-order valence-corrected chi connectivity index (χ3v) is 6.46. The van der Waals surface area contributed by atoms with Crippen LogP contribution in [0.5, 0.6) is 11.5 Å². The Balaban J connectivity index is 1.61. The first kappa shape index (κ1) is 23.1. The maximum absolute atomic E-state index is 13.1. The van der Waals surface area contributed by atoms with Gasteiger partial charge in [0.2, 0.25) is 0 Å². The second-order valence-corrected chi connectivity index (χ2v) is 8.78. The van der Waals surface area contributed by atoms with E-state index in [9.17, 15) is 9.59 Å². The van der Waals surface area contributed by atoms with E-state index < -0.39 is 11.6 Å². The van der Waals surface area contributed by atoms with Gasteiger partial charge in [0.25, 0.3) is 6.02 Å². The maximum Gasteiger partial charge on any atom is 0.353 e. The number of hydrogen-bond donors (Lipinski definition) is 1. The average molecular weight is 457 g/mol. The molecule has 2 fully saturated rings. The second kappa shape index (κ2) is 10.7. The summed E-state index contributed by atoms with van der Waals surface area (Å²) in [7, 11) is 3.01. The van der Waals surface area contributed by atoms with Gasteiger partial charge in [-0.25, -0.2) is 14.6 Å². The smallest absolute Gasteiger partial charge is 0.353 e. The molecule has 2 aromatic rings. The molecule has 0 bridgehead atoms. The van der Waals surface area contributed by atoms with E-state index in [-0.39, 0.29) is 29.3 Å². The number of methoxy groups -OCH3 is 2. The number of carbonyl (C=O) groups is 1. The fraction of sp³-hybridized carbons (Fsp3) is 0.560. The number of ether oxygens (including phenoxy) is 3. The highest BCUT2D eigenvalue weighted by Gasteiger charge is 2.24. The van der Waals surface area contributed by atoms with E-state index in [1.54, 1.807) is 12.1 Å². The fourth-order valence-electron chi connectivity index (χ4n) is 4.62. The molecule has 2 saturated carbocycles. The van der Waals surface area contributed by atoms with E-state index in [1.807, 2.05) is 0 Å². The molecule has 1 N–H and O–H groups in total. The summed E-state index contributed by atoms with van der Waals surface area (Å²) >= 11 is 0. The van der Waals surface area contributed by atoms with Gasteiger partial charge in [0.05, 0.1) is 25.6 Å². The molecule has 0 aliphatic heterocycles. The van der Waals surface area contributed by atoms with Crippen LogP contribution in [0.2, 0.25) is 0 Å². The van der Waals surface area contributed by atoms with E-state index in [0.717, 1.165) is 51.4 Å². The summed E-state index contributed by atoms with van der Waals surface area (Å²) in [5, 5.41) is 3.81. The van der Waals surface area contributed by atoms with Crippen LogP contribution in [0.3, 0.4) is 0 Å². The van der Waals surface area contributed by atoms with Crippen LogP contribution in [-0.4, -0.2) is 38.3 Å². The number of nitrogens with zero attached hydrogens (tertiary/aromatic N) is 1. The van der Waals surface area contributed by atoms with Gasteiger partial charge in [0.15, 0.2) is 0 Å². The molecule has 178 valence electrons. The Morgan fingerprint density at radius 1 is 0.970 bits per heavy atom. The highest BCUT2D eigenvalue weighted by atomic mass is 16.6. The van der Waals surface area contributed by atoms with Crippen LogP contribution in [0.25, 0.3) is 11.0 Å². The van der Waals surface area contributed by atoms with Crippen molar-refractivity contribution in [3.63, 3.8) is 0 Å². The summed E-state index contributed by atoms with van der Waals surface area (Å²) in [4.78, 5) is 30.4. The second-order valence-electron chi connectivity index (χ2n) is 8.78. The number of hydrogen-bond acceptors (Lipinski definition) is 7. The molecule has 4 rings (SSSR count). The lowest BCUT2D eigenvalue weighted by molar-refractivity contribution is 0.0699. The number of benzene rings is 1. The maximum atomic E-state index is 13.1. The lowest BCUT2D eigenvalue weighted by Gasteiger charge is -2.25. The van der Waals surface area contributed by atoms with Crippen molar-refractivity contribution in [2.75, 3.05) is 14.2 Å². The third kappa shape index (κ3) is 5.67. The first-order valence-corrected chi connectivity index (χ1v) is 11.8. The van der Waals surface area contributed by atoms with Crippen molar-refractivity contribution in [1.82, 2.24) is 5.32 Å². The van der Waals surface area contributed by atoms with Crippen LogP contribution in [0.1, 0.15) is 74.6 Å². The topological polar surface area (TPSA) is 99.4 Å². The zero-order valence-corrected chi connectivity index (χ0v) is 19.4. The van der Waals surface area contributed by atoms with Crippen LogP contribution in [0.15, 0.2) is 32.4 Å². The Labute approximate surface area is 193 Å². The summed E-state index contributed by atoms with van der Waals surface area (Å²) in [5.41, 5.74) is -0.713. The highest BCUT2D eigenvalue weighted by molar-refractivity contribution is 6.00. The summed E-state index contributed by atoms with van der Waals surface area (Å²) in [6.07, 6.45) is 10.9. The number of aliphatic imine (C=N–C) groups is 1. The summed E-state index contributed by atoms with van der Waals surface area (Å²) < 4.78 is 21.7.